The van der Waals surface area contributed by atoms with Gasteiger partial charge in [-0.1, -0.05) is 6.07 Å². The Kier molecular flexibility index (Phi) is 5.61. The van der Waals surface area contributed by atoms with Crippen molar-refractivity contribution >= 4 is 11.8 Å². The van der Waals surface area contributed by atoms with E-state index in [1.807, 2.05) is 0 Å². The number of ether oxygens (including phenoxy) is 1. The lowest BCUT2D eigenvalue weighted by Crippen LogP contribution is -2.60. The molecule has 7 nitrogen and oxygen atoms in total. The van der Waals surface area contributed by atoms with Crippen LogP contribution in [-0.4, -0.2) is 38.7 Å². The van der Waals surface area contributed by atoms with Gasteiger partial charge in [-0.2, -0.15) is 0 Å². The molecule has 0 radical (unpaired) electrons. The summed E-state index contributed by atoms with van der Waals surface area (Å²) in [6.07, 6.45) is 4.29. The summed E-state index contributed by atoms with van der Waals surface area (Å²) in [4.78, 5) is 0. The summed E-state index contributed by atoms with van der Waals surface area (Å²) in [5, 5.41) is 29.8. The lowest BCUT2D eigenvalue weighted by atomic mass is 9.81. The van der Waals surface area contributed by atoms with Gasteiger partial charge in [0.25, 0.3) is 0 Å². The molecule has 0 aliphatic carbocycles. The van der Waals surface area contributed by atoms with Crippen molar-refractivity contribution in [3.8, 4) is 22.9 Å². The van der Waals surface area contributed by atoms with Crippen LogP contribution in [-0.2, 0) is 0 Å². The lowest BCUT2D eigenvalue weighted by Gasteiger charge is -2.46. The third-order valence-electron chi connectivity index (χ3n) is 5.02. The van der Waals surface area contributed by atoms with E-state index in [1.54, 1.807) is 30.3 Å². The van der Waals surface area contributed by atoms with E-state index < -0.39 is 0 Å². The molecular formula is C22H29N5O2. The second-order valence-corrected chi connectivity index (χ2v) is 8.80. The van der Waals surface area contributed by atoms with Crippen LogP contribution in [0, 0.1) is 5.41 Å². The fourth-order valence-corrected chi connectivity index (χ4v) is 4.16. The van der Waals surface area contributed by atoms with Crippen molar-refractivity contribution in [1.82, 2.24) is 15.5 Å². The number of phenols is 1. The third-order valence-corrected chi connectivity index (χ3v) is 5.02. The first-order valence-electron chi connectivity index (χ1n) is 9.68. The van der Waals surface area contributed by atoms with E-state index in [2.05, 4.69) is 43.2 Å². The first-order valence-corrected chi connectivity index (χ1v) is 9.68. The molecule has 3 rings (SSSR count). The molecule has 1 aromatic carbocycles. The maximum absolute atomic E-state index is 10.4. The van der Waals surface area contributed by atoms with Crippen LogP contribution in [0.4, 0.5) is 0 Å². The Balaban J connectivity index is 1.76. The van der Waals surface area contributed by atoms with Gasteiger partial charge in [-0.25, -0.2) is 0 Å². The average Bonchev–Trinajstić information content (AvgIpc) is 2.61. The van der Waals surface area contributed by atoms with E-state index in [1.165, 1.54) is 6.20 Å². The van der Waals surface area contributed by atoms with Gasteiger partial charge in [0.2, 0.25) is 5.88 Å². The third kappa shape index (κ3) is 4.92. The fourth-order valence-electron chi connectivity index (χ4n) is 4.16. The van der Waals surface area contributed by atoms with Gasteiger partial charge in [-0.15, -0.1) is 10.2 Å². The van der Waals surface area contributed by atoms with Gasteiger partial charge in [0.15, 0.2) is 0 Å². The van der Waals surface area contributed by atoms with Crippen molar-refractivity contribution in [2.24, 2.45) is 5.73 Å². The van der Waals surface area contributed by atoms with Crippen molar-refractivity contribution < 1.29 is 9.84 Å². The van der Waals surface area contributed by atoms with Gasteiger partial charge in [0.05, 0.1) is 5.69 Å². The molecule has 0 saturated carbocycles. The number of benzene rings is 1. The minimum absolute atomic E-state index is 0.0133. The number of nitrogens with one attached hydrogen (secondary N) is 2. The van der Waals surface area contributed by atoms with E-state index in [-0.39, 0.29) is 22.9 Å². The fraction of sp³-hybridized carbons (Fsp3) is 0.409. The Labute approximate surface area is 171 Å². The van der Waals surface area contributed by atoms with Gasteiger partial charge < -0.3 is 26.3 Å². The molecule has 0 bridgehead atoms. The minimum atomic E-state index is -0.0133. The number of allylic oxidation sites excluding steroid dienone is 1. The Hall–Kier alpha value is -2.93. The Morgan fingerprint density at radius 3 is 2.38 bits per heavy atom. The molecule has 2 heterocycles. The van der Waals surface area contributed by atoms with Crippen LogP contribution in [0.3, 0.4) is 0 Å². The van der Waals surface area contributed by atoms with Gasteiger partial charge >= 0.3 is 0 Å². The highest BCUT2D eigenvalue weighted by Gasteiger charge is 2.38. The molecule has 1 aliphatic heterocycles. The van der Waals surface area contributed by atoms with Gasteiger partial charge in [-0.3, -0.25) is 0 Å². The standard InChI is InChI=1S/C22H29N5O2/c1-21(2)10-16(11-22(3,4)27-21)29-20-8-7-18(25-26-20)17-6-5-14(9-19(17)28)15(12-23)13-24/h5-9,12-13,16,23,27-28H,10-11,24H2,1-4H3/b15-13+,23-12?. The van der Waals surface area contributed by atoms with E-state index >= 15 is 0 Å². The molecule has 0 spiro atoms. The number of aromatic nitrogens is 2. The number of hydrogen-bond donors (Lipinski definition) is 4. The van der Waals surface area contributed by atoms with E-state index in [0.29, 0.717) is 28.3 Å². The molecule has 1 saturated heterocycles. The summed E-state index contributed by atoms with van der Waals surface area (Å²) in [5.74, 6) is 0.522. The molecule has 0 unspecified atom stereocenters. The SMILES string of the molecule is CC1(C)CC(Oc2ccc(-c3ccc(/C(C=N)=C/N)cc3O)nn2)CC(C)(C)N1. The molecule has 1 fully saturated rings. The second kappa shape index (κ2) is 7.83. The second-order valence-electron chi connectivity index (χ2n) is 8.80. The quantitative estimate of drug-likeness (QED) is 0.576. The van der Waals surface area contributed by atoms with Crippen LogP contribution < -0.4 is 15.8 Å². The minimum Gasteiger partial charge on any atom is -0.507 e. The maximum atomic E-state index is 10.4. The summed E-state index contributed by atoms with van der Waals surface area (Å²) in [6.45, 7) is 8.70. The maximum Gasteiger partial charge on any atom is 0.233 e. The molecule has 29 heavy (non-hydrogen) atoms. The van der Waals surface area contributed by atoms with Gasteiger partial charge in [0, 0.05) is 53.5 Å². The van der Waals surface area contributed by atoms with Crippen molar-refractivity contribution in [1.29, 1.82) is 5.41 Å². The predicted molar refractivity (Wildman–Crippen MR) is 115 cm³/mol. The number of phenolic OH excluding ortho intramolecular Hbond substituents is 1. The summed E-state index contributed by atoms with van der Waals surface area (Å²) in [6, 6.07) is 8.64. The van der Waals surface area contributed by atoms with Crippen molar-refractivity contribution in [3.05, 3.63) is 42.1 Å². The molecule has 1 aromatic heterocycles. The van der Waals surface area contributed by atoms with Gasteiger partial charge in [0.1, 0.15) is 11.9 Å². The van der Waals surface area contributed by atoms with E-state index in [0.717, 1.165) is 19.1 Å². The average molecular weight is 396 g/mol. The summed E-state index contributed by atoms with van der Waals surface area (Å²) in [5.41, 5.74) is 7.76. The molecule has 154 valence electrons. The monoisotopic (exact) mass is 395 g/mol. The van der Waals surface area contributed by atoms with Crippen molar-refractivity contribution in [2.45, 2.75) is 57.7 Å². The highest BCUT2D eigenvalue weighted by atomic mass is 16.5. The first kappa shape index (κ1) is 20.8. The summed E-state index contributed by atoms with van der Waals surface area (Å²) in [7, 11) is 0. The molecule has 7 heteroatoms. The number of aromatic hydroxyl groups is 1. The molecule has 5 N–H and O–H groups in total. The Morgan fingerprint density at radius 1 is 1.17 bits per heavy atom. The van der Waals surface area contributed by atoms with Crippen LogP contribution in [0.25, 0.3) is 16.8 Å². The van der Waals surface area contributed by atoms with Crippen LogP contribution in [0.2, 0.25) is 0 Å². The summed E-state index contributed by atoms with van der Waals surface area (Å²) >= 11 is 0. The number of nitrogens with zero attached hydrogens (tertiary/aromatic N) is 2. The van der Waals surface area contributed by atoms with Crippen LogP contribution in [0.5, 0.6) is 11.6 Å². The number of piperidine rings is 1. The largest absolute Gasteiger partial charge is 0.507 e. The highest BCUT2D eigenvalue weighted by Crippen LogP contribution is 2.33. The smallest absolute Gasteiger partial charge is 0.233 e. The molecule has 2 aromatic rings. The lowest BCUT2D eigenvalue weighted by molar-refractivity contribution is 0.0524. The zero-order valence-electron chi connectivity index (χ0n) is 17.4. The van der Waals surface area contributed by atoms with Crippen LogP contribution >= 0.6 is 0 Å². The van der Waals surface area contributed by atoms with Crippen LogP contribution in [0.1, 0.15) is 46.1 Å². The molecular weight excluding hydrogens is 366 g/mol. The summed E-state index contributed by atoms with van der Waals surface area (Å²) < 4.78 is 6.10. The topological polar surface area (TPSA) is 117 Å². The van der Waals surface area contributed by atoms with E-state index in [9.17, 15) is 5.11 Å². The number of rotatable bonds is 5. The Morgan fingerprint density at radius 2 is 1.86 bits per heavy atom. The van der Waals surface area contributed by atoms with Crippen LogP contribution in [0.15, 0.2) is 36.5 Å². The molecule has 0 atom stereocenters. The van der Waals surface area contributed by atoms with Crippen molar-refractivity contribution in [3.63, 3.8) is 0 Å². The van der Waals surface area contributed by atoms with Gasteiger partial charge in [-0.05, 0) is 51.5 Å². The molecule has 0 amide bonds. The zero-order valence-corrected chi connectivity index (χ0v) is 17.4. The highest BCUT2D eigenvalue weighted by molar-refractivity contribution is 6.08. The normalized spacial score (nSPS) is 19.0. The first-order chi connectivity index (χ1) is 13.6. The van der Waals surface area contributed by atoms with E-state index in [4.69, 9.17) is 15.9 Å². The number of nitrogens with two attached hydrogens (primary N) is 1. The zero-order chi connectivity index (χ0) is 21.2. The predicted octanol–water partition coefficient (Wildman–Crippen LogP) is 3.49. The number of hydrogen-bond acceptors (Lipinski definition) is 7. The Bertz CT molecular complexity index is 903. The molecule has 1 aliphatic rings. The van der Waals surface area contributed by atoms with Crippen molar-refractivity contribution in [2.75, 3.05) is 0 Å².